The van der Waals surface area contributed by atoms with Gasteiger partial charge in [-0.05, 0) is 43.1 Å². The Balaban J connectivity index is 2.13. The van der Waals surface area contributed by atoms with Crippen LogP contribution in [0.15, 0.2) is 36.5 Å². The summed E-state index contributed by atoms with van der Waals surface area (Å²) in [5.41, 5.74) is 2.15. The highest BCUT2D eigenvalue weighted by Gasteiger charge is 2.14. The van der Waals surface area contributed by atoms with Crippen LogP contribution < -0.4 is 5.32 Å². The van der Waals surface area contributed by atoms with E-state index in [1.54, 1.807) is 6.07 Å². The molecule has 102 valence electrons. The quantitative estimate of drug-likeness (QED) is 0.837. The lowest BCUT2D eigenvalue weighted by molar-refractivity contribution is 0.472. The summed E-state index contributed by atoms with van der Waals surface area (Å²) in [7, 11) is 1.93. The Kier molecular flexibility index (Phi) is 4.58. The Labute approximate surface area is 114 Å². The molecule has 4 heteroatoms. The number of nitrogens with one attached hydrogen (secondary N) is 1. The van der Waals surface area contributed by atoms with Gasteiger partial charge in [-0.15, -0.1) is 0 Å². The minimum absolute atomic E-state index is 0.183. The number of phenols is 1. The van der Waals surface area contributed by atoms with Crippen LogP contribution in [0.5, 0.6) is 5.75 Å². The fourth-order valence-electron chi connectivity index (χ4n) is 2.14. The smallest absolute Gasteiger partial charge is 0.115 e. The third-order valence-electron chi connectivity index (χ3n) is 3.08. The summed E-state index contributed by atoms with van der Waals surface area (Å²) >= 11 is 0. The van der Waals surface area contributed by atoms with Crippen molar-refractivity contribution in [2.45, 2.75) is 25.8 Å². The second-order valence-corrected chi connectivity index (χ2v) is 4.80. The number of phenolic OH excluding ortho intramolecular Hbond substituents is 1. The van der Waals surface area contributed by atoms with Crippen LogP contribution in [0.4, 0.5) is 0 Å². The van der Waals surface area contributed by atoms with Gasteiger partial charge in [-0.1, -0.05) is 19.1 Å². The molecule has 1 heterocycles. The van der Waals surface area contributed by atoms with Gasteiger partial charge in [0.15, 0.2) is 0 Å². The highest BCUT2D eigenvalue weighted by atomic mass is 16.3. The zero-order valence-corrected chi connectivity index (χ0v) is 11.5. The number of aryl methyl sites for hydroxylation is 1. The average molecular weight is 259 g/mol. The van der Waals surface area contributed by atoms with E-state index in [-0.39, 0.29) is 6.04 Å². The van der Waals surface area contributed by atoms with Gasteiger partial charge in [0.1, 0.15) is 5.75 Å². The molecular formula is C15H21N3O. The number of nitrogens with zero attached hydrogens (tertiary/aromatic N) is 2. The first-order chi connectivity index (χ1) is 9.19. The van der Waals surface area contributed by atoms with Gasteiger partial charge in [0.05, 0.1) is 11.7 Å². The molecule has 1 aromatic heterocycles. The van der Waals surface area contributed by atoms with Gasteiger partial charge in [-0.2, -0.15) is 5.10 Å². The molecule has 4 nitrogen and oxygen atoms in total. The summed E-state index contributed by atoms with van der Waals surface area (Å²) in [6.07, 6.45) is 3.87. The SMILES string of the molecule is CCCNC(Cc1cccc(O)c1)c1ccn(C)n1. The summed E-state index contributed by atoms with van der Waals surface area (Å²) in [5.74, 6) is 0.313. The molecule has 2 aromatic rings. The Morgan fingerprint density at radius 1 is 1.37 bits per heavy atom. The van der Waals surface area contributed by atoms with Gasteiger partial charge in [0.2, 0.25) is 0 Å². The average Bonchev–Trinajstić information content (AvgIpc) is 2.81. The van der Waals surface area contributed by atoms with Crippen LogP contribution in [0.25, 0.3) is 0 Å². The minimum atomic E-state index is 0.183. The van der Waals surface area contributed by atoms with Crippen LogP contribution >= 0.6 is 0 Å². The van der Waals surface area contributed by atoms with E-state index in [0.717, 1.165) is 30.6 Å². The second kappa shape index (κ2) is 6.38. The van der Waals surface area contributed by atoms with Crippen LogP contribution in [0.1, 0.15) is 30.6 Å². The van der Waals surface area contributed by atoms with Crippen molar-refractivity contribution in [3.63, 3.8) is 0 Å². The number of aromatic nitrogens is 2. The monoisotopic (exact) mass is 259 g/mol. The van der Waals surface area contributed by atoms with E-state index in [2.05, 4.69) is 17.3 Å². The third-order valence-corrected chi connectivity index (χ3v) is 3.08. The summed E-state index contributed by atoms with van der Waals surface area (Å²) in [5, 5.41) is 17.5. The number of hydrogen-bond donors (Lipinski definition) is 2. The van der Waals surface area contributed by atoms with E-state index in [4.69, 9.17) is 0 Å². The summed E-state index contributed by atoms with van der Waals surface area (Å²) in [6, 6.07) is 9.63. The predicted molar refractivity (Wildman–Crippen MR) is 76.1 cm³/mol. The van der Waals surface area contributed by atoms with Gasteiger partial charge >= 0.3 is 0 Å². The van der Waals surface area contributed by atoms with Crippen LogP contribution in [0.3, 0.4) is 0 Å². The molecule has 0 aliphatic heterocycles. The van der Waals surface area contributed by atoms with Crippen molar-refractivity contribution >= 4 is 0 Å². The Morgan fingerprint density at radius 2 is 2.21 bits per heavy atom. The van der Waals surface area contributed by atoms with Crippen molar-refractivity contribution in [2.75, 3.05) is 6.54 Å². The van der Waals surface area contributed by atoms with Gasteiger partial charge in [-0.25, -0.2) is 0 Å². The second-order valence-electron chi connectivity index (χ2n) is 4.80. The normalized spacial score (nSPS) is 12.5. The molecule has 1 atom stereocenters. The van der Waals surface area contributed by atoms with Crippen molar-refractivity contribution in [1.82, 2.24) is 15.1 Å². The van der Waals surface area contributed by atoms with Gasteiger partial charge in [-0.3, -0.25) is 4.68 Å². The maximum atomic E-state index is 9.54. The highest BCUT2D eigenvalue weighted by Crippen LogP contribution is 2.19. The van der Waals surface area contributed by atoms with Crippen LogP contribution in [0, 0.1) is 0 Å². The highest BCUT2D eigenvalue weighted by molar-refractivity contribution is 5.28. The maximum absolute atomic E-state index is 9.54. The molecule has 19 heavy (non-hydrogen) atoms. The van der Waals surface area contributed by atoms with Crippen LogP contribution in [-0.4, -0.2) is 21.4 Å². The molecule has 1 aromatic carbocycles. The van der Waals surface area contributed by atoms with E-state index in [0.29, 0.717) is 5.75 Å². The van der Waals surface area contributed by atoms with Crippen molar-refractivity contribution in [3.05, 3.63) is 47.8 Å². The zero-order chi connectivity index (χ0) is 13.7. The van der Waals surface area contributed by atoms with Gasteiger partial charge < -0.3 is 10.4 Å². The predicted octanol–water partition coefficient (Wildman–Crippen LogP) is 2.41. The third kappa shape index (κ3) is 3.83. The van der Waals surface area contributed by atoms with Crippen molar-refractivity contribution in [2.24, 2.45) is 7.05 Å². The largest absolute Gasteiger partial charge is 0.508 e. The standard InChI is InChI=1S/C15H21N3O/c1-3-8-16-15(14-7-9-18(2)17-14)11-12-5-4-6-13(19)10-12/h4-7,9-10,15-16,19H,3,8,11H2,1-2H3. The molecule has 0 aliphatic carbocycles. The molecule has 0 aliphatic rings. The summed E-state index contributed by atoms with van der Waals surface area (Å²) in [6.45, 7) is 3.11. The minimum Gasteiger partial charge on any atom is -0.508 e. The number of benzene rings is 1. The van der Waals surface area contributed by atoms with E-state index in [1.807, 2.05) is 42.2 Å². The van der Waals surface area contributed by atoms with E-state index in [1.165, 1.54) is 0 Å². The molecule has 0 spiro atoms. The zero-order valence-electron chi connectivity index (χ0n) is 11.5. The molecule has 2 rings (SSSR count). The molecule has 2 N–H and O–H groups in total. The first-order valence-electron chi connectivity index (χ1n) is 6.70. The lowest BCUT2D eigenvalue weighted by Gasteiger charge is -2.16. The van der Waals surface area contributed by atoms with E-state index >= 15 is 0 Å². The number of rotatable bonds is 6. The Bertz CT molecular complexity index is 522. The van der Waals surface area contributed by atoms with Gasteiger partial charge in [0.25, 0.3) is 0 Å². The number of aromatic hydroxyl groups is 1. The summed E-state index contributed by atoms with van der Waals surface area (Å²) in [4.78, 5) is 0. The molecule has 1 unspecified atom stereocenters. The molecule has 0 saturated heterocycles. The Morgan fingerprint density at radius 3 is 2.84 bits per heavy atom. The maximum Gasteiger partial charge on any atom is 0.115 e. The molecule has 0 radical (unpaired) electrons. The fraction of sp³-hybridized carbons (Fsp3) is 0.400. The van der Waals surface area contributed by atoms with E-state index in [9.17, 15) is 5.11 Å². The molecule has 0 saturated carbocycles. The van der Waals surface area contributed by atoms with E-state index < -0.39 is 0 Å². The Hall–Kier alpha value is -1.81. The fourth-order valence-corrected chi connectivity index (χ4v) is 2.14. The molecular weight excluding hydrogens is 238 g/mol. The number of hydrogen-bond acceptors (Lipinski definition) is 3. The lowest BCUT2D eigenvalue weighted by Crippen LogP contribution is -2.24. The lowest BCUT2D eigenvalue weighted by atomic mass is 10.0. The topological polar surface area (TPSA) is 50.1 Å². The van der Waals surface area contributed by atoms with Crippen molar-refractivity contribution < 1.29 is 5.11 Å². The van der Waals surface area contributed by atoms with Crippen LogP contribution in [-0.2, 0) is 13.5 Å². The first-order valence-corrected chi connectivity index (χ1v) is 6.70. The molecule has 0 fully saturated rings. The summed E-state index contributed by atoms with van der Waals surface area (Å²) < 4.78 is 1.82. The molecule has 0 bridgehead atoms. The first kappa shape index (κ1) is 13.6. The molecule has 0 amide bonds. The van der Waals surface area contributed by atoms with Crippen LogP contribution in [0.2, 0.25) is 0 Å². The van der Waals surface area contributed by atoms with Crippen molar-refractivity contribution in [3.8, 4) is 5.75 Å². The van der Waals surface area contributed by atoms with Crippen molar-refractivity contribution in [1.29, 1.82) is 0 Å². The van der Waals surface area contributed by atoms with Gasteiger partial charge in [0, 0.05) is 13.2 Å².